The van der Waals surface area contributed by atoms with E-state index >= 15 is 0 Å². The Kier molecular flexibility index (Phi) is 6.23. The van der Waals surface area contributed by atoms with Gasteiger partial charge in [0.15, 0.2) is 0 Å². The van der Waals surface area contributed by atoms with Crippen molar-refractivity contribution in [3.8, 4) is 0 Å². The molecule has 2 heteroatoms. The first kappa shape index (κ1) is 14.2. The Balaban J connectivity index is 2.72. The lowest BCUT2D eigenvalue weighted by Crippen LogP contribution is -2.25. The SMILES string of the molecule is CCNC(COCC)c1ccc(C(C)C)cc1. The van der Waals surface area contributed by atoms with E-state index in [0.717, 1.165) is 19.8 Å². The second-order valence-electron chi connectivity index (χ2n) is 4.59. The summed E-state index contributed by atoms with van der Waals surface area (Å²) in [5.41, 5.74) is 2.70. The van der Waals surface area contributed by atoms with Gasteiger partial charge in [0.1, 0.15) is 0 Å². The standard InChI is InChI=1S/C15H25NO/c1-5-16-15(11-17-6-2)14-9-7-13(8-10-14)12(3)4/h7-10,12,15-16H,5-6,11H2,1-4H3. The van der Waals surface area contributed by atoms with E-state index in [1.807, 2.05) is 6.92 Å². The van der Waals surface area contributed by atoms with E-state index in [2.05, 4.69) is 50.4 Å². The Morgan fingerprint density at radius 3 is 2.12 bits per heavy atom. The maximum absolute atomic E-state index is 5.52. The Morgan fingerprint density at radius 1 is 1.06 bits per heavy atom. The van der Waals surface area contributed by atoms with Crippen molar-refractivity contribution >= 4 is 0 Å². The smallest absolute Gasteiger partial charge is 0.0661 e. The van der Waals surface area contributed by atoms with Crippen LogP contribution in [0.2, 0.25) is 0 Å². The summed E-state index contributed by atoms with van der Waals surface area (Å²) in [6.45, 7) is 11.1. The third-order valence-corrected chi connectivity index (χ3v) is 2.94. The molecule has 2 nitrogen and oxygen atoms in total. The molecule has 1 atom stereocenters. The number of nitrogens with one attached hydrogen (secondary N) is 1. The highest BCUT2D eigenvalue weighted by molar-refractivity contribution is 5.26. The topological polar surface area (TPSA) is 21.3 Å². The molecule has 0 saturated carbocycles. The lowest BCUT2D eigenvalue weighted by molar-refractivity contribution is 0.123. The van der Waals surface area contributed by atoms with Crippen molar-refractivity contribution in [1.82, 2.24) is 5.32 Å². The summed E-state index contributed by atoms with van der Waals surface area (Å²) < 4.78 is 5.52. The van der Waals surface area contributed by atoms with Gasteiger partial charge in [-0.3, -0.25) is 0 Å². The zero-order valence-electron chi connectivity index (χ0n) is 11.5. The van der Waals surface area contributed by atoms with Crippen LogP contribution in [0.1, 0.15) is 50.8 Å². The number of likely N-dealkylation sites (N-methyl/N-ethyl adjacent to an activating group) is 1. The average Bonchev–Trinajstić information content (AvgIpc) is 2.34. The largest absolute Gasteiger partial charge is 0.380 e. The van der Waals surface area contributed by atoms with Gasteiger partial charge in [-0.05, 0) is 30.5 Å². The third-order valence-electron chi connectivity index (χ3n) is 2.94. The van der Waals surface area contributed by atoms with Crippen LogP contribution in [0, 0.1) is 0 Å². The van der Waals surface area contributed by atoms with E-state index in [1.165, 1.54) is 11.1 Å². The predicted octanol–water partition coefficient (Wildman–Crippen LogP) is 3.50. The van der Waals surface area contributed by atoms with Gasteiger partial charge in [-0.2, -0.15) is 0 Å². The minimum atomic E-state index is 0.307. The van der Waals surface area contributed by atoms with Crippen LogP contribution in [0.15, 0.2) is 24.3 Å². The predicted molar refractivity (Wildman–Crippen MR) is 73.4 cm³/mol. The van der Waals surface area contributed by atoms with Gasteiger partial charge in [0.05, 0.1) is 12.6 Å². The summed E-state index contributed by atoms with van der Waals surface area (Å²) in [7, 11) is 0. The molecule has 0 heterocycles. The third kappa shape index (κ3) is 4.49. The normalized spacial score (nSPS) is 13.0. The molecule has 0 aliphatic rings. The quantitative estimate of drug-likeness (QED) is 0.781. The van der Waals surface area contributed by atoms with Gasteiger partial charge in [0.2, 0.25) is 0 Å². The molecule has 0 bridgehead atoms. The highest BCUT2D eigenvalue weighted by atomic mass is 16.5. The maximum Gasteiger partial charge on any atom is 0.0661 e. The molecule has 96 valence electrons. The second kappa shape index (κ2) is 7.46. The summed E-state index contributed by atoms with van der Waals surface area (Å²) in [6, 6.07) is 9.16. The zero-order chi connectivity index (χ0) is 12.7. The summed E-state index contributed by atoms with van der Waals surface area (Å²) >= 11 is 0. The van der Waals surface area contributed by atoms with Crippen molar-refractivity contribution in [3.63, 3.8) is 0 Å². The Labute approximate surface area is 105 Å². The van der Waals surface area contributed by atoms with E-state index in [9.17, 15) is 0 Å². The summed E-state index contributed by atoms with van der Waals surface area (Å²) in [6.07, 6.45) is 0. The van der Waals surface area contributed by atoms with Crippen LogP contribution in [0.3, 0.4) is 0 Å². The van der Waals surface area contributed by atoms with Gasteiger partial charge in [0.25, 0.3) is 0 Å². The molecule has 0 fully saturated rings. The van der Waals surface area contributed by atoms with E-state index in [4.69, 9.17) is 4.74 Å². The number of hydrogen-bond donors (Lipinski definition) is 1. The molecule has 0 aromatic heterocycles. The molecule has 0 saturated heterocycles. The summed E-state index contributed by atoms with van der Waals surface area (Å²) in [5, 5.41) is 3.46. The van der Waals surface area contributed by atoms with Crippen molar-refractivity contribution in [2.75, 3.05) is 19.8 Å². The van der Waals surface area contributed by atoms with Crippen LogP contribution in [0.4, 0.5) is 0 Å². The van der Waals surface area contributed by atoms with Crippen LogP contribution >= 0.6 is 0 Å². The van der Waals surface area contributed by atoms with Gasteiger partial charge in [-0.15, -0.1) is 0 Å². The second-order valence-corrected chi connectivity index (χ2v) is 4.59. The first-order chi connectivity index (χ1) is 8.19. The molecule has 0 amide bonds. The lowest BCUT2D eigenvalue weighted by Gasteiger charge is -2.18. The highest BCUT2D eigenvalue weighted by Crippen LogP contribution is 2.19. The van der Waals surface area contributed by atoms with Crippen molar-refractivity contribution in [2.45, 2.75) is 39.7 Å². The fraction of sp³-hybridized carbons (Fsp3) is 0.600. The molecule has 0 radical (unpaired) electrons. The molecule has 0 aliphatic carbocycles. The molecular formula is C15H25NO. The van der Waals surface area contributed by atoms with Crippen LogP contribution in [0.5, 0.6) is 0 Å². The van der Waals surface area contributed by atoms with E-state index in [0.29, 0.717) is 12.0 Å². The average molecular weight is 235 g/mol. The van der Waals surface area contributed by atoms with E-state index in [-0.39, 0.29) is 0 Å². The van der Waals surface area contributed by atoms with Gasteiger partial charge in [0, 0.05) is 6.61 Å². The molecular weight excluding hydrogens is 210 g/mol. The van der Waals surface area contributed by atoms with Gasteiger partial charge >= 0.3 is 0 Å². The lowest BCUT2D eigenvalue weighted by atomic mass is 9.99. The molecule has 1 N–H and O–H groups in total. The van der Waals surface area contributed by atoms with Crippen molar-refractivity contribution in [3.05, 3.63) is 35.4 Å². The molecule has 1 aromatic carbocycles. The molecule has 1 unspecified atom stereocenters. The minimum Gasteiger partial charge on any atom is -0.380 e. The van der Waals surface area contributed by atoms with Crippen molar-refractivity contribution in [1.29, 1.82) is 0 Å². The van der Waals surface area contributed by atoms with Crippen molar-refractivity contribution < 1.29 is 4.74 Å². The first-order valence-corrected chi connectivity index (χ1v) is 6.60. The number of rotatable bonds is 7. The van der Waals surface area contributed by atoms with Crippen LogP contribution in [-0.4, -0.2) is 19.8 Å². The molecule has 17 heavy (non-hydrogen) atoms. The Hall–Kier alpha value is -0.860. The van der Waals surface area contributed by atoms with Crippen molar-refractivity contribution in [2.24, 2.45) is 0 Å². The Morgan fingerprint density at radius 2 is 1.65 bits per heavy atom. The molecule has 0 spiro atoms. The first-order valence-electron chi connectivity index (χ1n) is 6.60. The van der Waals surface area contributed by atoms with Gasteiger partial charge in [-0.1, -0.05) is 45.0 Å². The number of hydrogen-bond acceptors (Lipinski definition) is 2. The molecule has 1 aromatic rings. The summed E-state index contributed by atoms with van der Waals surface area (Å²) in [5.74, 6) is 0.591. The molecule has 0 aliphatic heterocycles. The number of benzene rings is 1. The summed E-state index contributed by atoms with van der Waals surface area (Å²) in [4.78, 5) is 0. The fourth-order valence-electron chi connectivity index (χ4n) is 1.87. The maximum atomic E-state index is 5.52. The van der Waals surface area contributed by atoms with Crippen LogP contribution in [0.25, 0.3) is 0 Å². The van der Waals surface area contributed by atoms with Crippen LogP contribution < -0.4 is 5.32 Å². The highest BCUT2D eigenvalue weighted by Gasteiger charge is 2.10. The monoisotopic (exact) mass is 235 g/mol. The van der Waals surface area contributed by atoms with E-state index < -0.39 is 0 Å². The van der Waals surface area contributed by atoms with Gasteiger partial charge in [-0.25, -0.2) is 0 Å². The van der Waals surface area contributed by atoms with Crippen LogP contribution in [-0.2, 0) is 4.74 Å². The Bertz CT molecular complexity index is 305. The number of ether oxygens (including phenoxy) is 1. The van der Waals surface area contributed by atoms with E-state index in [1.54, 1.807) is 0 Å². The minimum absolute atomic E-state index is 0.307. The van der Waals surface area contributed by atoms with Gasteiger partial charge < -0.3 is 10.1 Å². The molecule has 1 rings (SSSR count). The zero-order valence-corrected chi connectivity index (χ0v) is 11.5. The fourth-order valence-corrected chi connectivity index (χ4v) is 1.87.